The second-order valence-electron chi connectivity index (χ2n) is 6.96. The van der Waals surface area contributed by atoms with Gasteiger partial charge in [-0.3, -0.25) is 9.79 Å². The van der Waals surface area contributed by atoms with Crippen LogP contribution >= 0.6 is 0 Å². The molecule has 3 aromatic rings. The van der Waals surface area contributed by atoms with E-state index >= 15 is 0 Å². The second-order valence-corrected chi connectivity index (χ2v) is 6.96. The van der Waals surface area contributed by atoms with E-state index in [1.165, 1.54) is 6.26 Å². The topological polar surface area (TPSA) is 87.9 Å². The molecule has 0 saturated heterocycles. The Morgan fingerprint density at radius 3 is 2.65 bits per heavy atom. The number of hydrogen-bond acceptors (Lipinski definition) is 4. The lowest BCUT2D eigenvalue weighted by molar-refractivity contribution is 0.0996. The third-order valence-electron chi connectivity index (χ3n) is 4.58. The van der Waals surface area contributed by atoms with Gasteiger partial charge in [0.25, 0.3) is 5.91 Å². The van der Waals surface area contributed by atoms with Crippen LogP contribution in [-0.4, -0.2) is 25.5 Å². The molecule has 0 aliphatic carbocycles. The molecule has 1 heterocycles. The van der Waals surface area contributed by atoms with E-state index in [1.54, 1.807) is 19.2 Å². The monoisotopic (exact) mass is 420 g/mol. The fourth-order valence-corrected chi connectivity index (χ4v) is 3.04. The molecule has 162 valence electrons. The van der Waals surface area contributed by atoms with Crippen LogP contribution < -0.4 is 20.7 Å². The molecule has 0 bridgehead atoms. The maximum absolute atomic E-state index is 12.2. The molecule has 3 rings (SSSR count). The molecule has 1 aromatic heterocycles. The zero-order chi connectivity index (χ0) is 22.1. The fraction of sp³-hybridized carbons (Fsp3) is 0.250. The van der Waals surface area contributed by atoms with E-state index in [4.69, 9.17) is 9.15 Å². The minimum absolute atomic E-state index is 0.274. The van der Waals surface area contributed by atoms with Crippen LogP contribution in [0.25, 0.3) is 0 Å². The van der Waals surface area contributed by atoms with Crippen molar-refractivity contribution in [3.05, 3.63) is 83.3 Å². The number of ether oxygens (including phenoxy) is 1. The van der Waals surface area contributed by atoms with Crippen molar-refractivity contribution >= 4 is 17.6 Å². The van der Waals surface area contributed by atoms with Crippen molar-refractivity contribution in [2.24, 2.45) is 4.99 Å². The molecule has 0 fully saturated rings. The van der Waals surface area contributed by atoms with Crippen LogP contribution in [0.15, 0.2) is 70.3 Å². The van der Waals surface area contributed by atoms with E-state index < -0.39 is 0 Å². The average Bonchev–Trinajstić information content (AvgIpc) is 3.31. The van der Waals surface area contributed by atoms with Crippen molar-refractivity contribution in [1.82, 2.24) is 10.6 Å². The average molecular weight is 421 g/mol. The van der Waals surface area contributed by atoms with Gasteiger partial charge in [-0.2, -0.15) is 0 Å². The van der Waals surface area contributed by atoms with Crippen LogP contribution in [-0.2, 0) is 13.1 Å². The van der Waals surface area contributed by atoms with E-state index in [-0.39, 0.29) is 11.7 Å². The van der Waals surface area contributed by atoms with Crippen LogP contribution in [0.2, 0.25) is 0 Å². The zero-order valence-corrected chi connectivity index (χ0v) is 18.1. The summed E-state index contributed by atoms with van der Waals surface area (Å²) in [5.41, 5.74) is 3.93. The molecule has 0 spiro atoms. The van der Waals surface area contributed by atoms with Gasteiger partial charge in [-0.15, -0.1) is 0 Å². The quantitative estimate of drug-likeness (QED) is 0.377. The lowest BCUT2D eigenvalue weighted by Gasteiger charge is -2.15. The van der Waals surface area contributed by atoms with Crippen LogP contribution in [0.1, 0.15) is 34.2 Å². The Hall–Kier alpha value is -3.74. The van der Waals surface area contributed by atoms with Crippen molar-refractivity contribution in [1.29, 1.82) is 0 Å². The molecule has 0 unspecified atom stereocenters. The van der Waals surface area contributed by atoms with Gasteiger partial charge in [0.05, 0.1) is 12.9 Å². The van der Waals surface area contributed by atoms with Gasteiger partial charge in [-0.05, 0) is 55.3 Å². The summed E-state index contributed by atoms with van der Waals surface area (Å²) in [5, 5.41) is 9.45. The lowest BCUT2D eigenvalue weighted by atomic mass is 10.1. The molecule has 31 heavy (non-hydrogen) atoms. The number of anilines is 1. The fourth-order valence-electron chi connectivity index (χ4n) is 3.04. The summed E-state index contributed by atoms with van der Waals surface area (Å²) in [7, 11) is 1.73. The van der Waals surface area contributed by atoms with Crippen molar-refractivity contribution in [3.63, 3.8) is 0 Å². The number of aryl methyl sites for hydroxylation is 1. The highest BCUT2D eigenvalue weighted by Crippen LogP contribution is 2.20. The molecular formula is C24H28N4O3. The summed E-state index contributed by atoms with van der Waals surface area (Å²) >= 11 is 0. The summed E-state index contributed by atoms with van der Waals surface area (Å²) < 4.78 is 10.9. The van der Waals surface area contributed by atoms with E-state index in [9.17, 15) is 4.79 Å². The summed E-state index contributed by atoms with van der Waals surface area (Å²) in [6, 6.07) is 17.1. The molecule has 2 aromatic carbocycles. The normalized spacial score (nSPS) is 11.1. The number of aliphatic imine (C=N–C) groups is 1. The van der Waals surface area contributed by atoms with Crippen molar-refractivity contribution in [3.8, 4) is 5.75 Å². The number of hydrogen-bond donors (Lipinski definition) is 3. The number of furan rings is 1. The van der Waals surface area contributed by atoms with Crippen LogP contribution in [0.4, 0.5) is 5.69 Å². The van der Waals surface area contributed by atoms with Gasteiger partial charge in [0, 0.05) is 31.4 Å². The molecule has 7 nitrogen and oxygen atoms in total. The number of benzene rings is 2. The molecule has 0 aliphatic heterocycles. The van der Waals surface area contributed by atoms with E-state index in [0.29, 0.717) is 31.3 Å². The van der Waals surface area contributed by atoms with Crippen molar-refractivity contribution in [2.75, 3.05) is 19.0 Å². The first-order valence-corrected chi connectivity index (χ1v) is 10.2. The number of amides is 1. The standard InChI is InChI=1S/C24H28N4O3/c1-4-30-22-13-17(2)10-11-19(22)16-27-24(25-3)26-15-18-7-5-8-20(14-18)28-23(29)21-9-6-12-31-21/h5-14H,4,15-16H2,1-3H3,(H,28,29)(H2,25,26,27). The predicted molar refractivity (Wildman–Crippen MR) is 122 cm³/mol. The first-order chi connectivity index (χ1) is 15.1. The third kappa shape index (κ3) is 6.37. The first-order valence-electron chi connectivity index (χ1n) is 10.2. The van der Waals surface area contributed by atoms with Gasteiger partial charge >= 0.3 is 0 Å². The molecule has 3 N–H and O–H groups in total. The maximum Gasteiger partial charge on any atom is 0.291 e. The number of nitrogens with one attached hydrogen (secondary N) is 3. The van der Waals surface area contributed by atoms with Gasteiger partial charge in [-0.25, -0.2) is 0 Å². The van der Waals surface area contributed by atoms with Gasteiger partial charge < -0.3 is 25.1 Å². The van der Waals surface area contributed by atoms with Crippen molar-refractivity contribution in [2.45, 2.75) is 26.9 Å². The molecule has 7 heteroatoms. The highest BCUT2D eigenvalue weighted by Gasteiger charge is 2.09. The Bertz CT molecular complexity index is 1030. The Morgan fingerprint density at radius 2 is 1.90 bits per heavy atom. The maximum atomic E-state index is 12.2. The summed E-state index contributed by atoms with van der Waals surface area (Å²) in [4.78, 5) is 16.4. The van der Waals surface area contributed by atoms with E-state index in [2.05, 4.69) is 33.1 Å². The van der Waals surface area contributed by atoms with Gasteiger partial charge in [0.1, 0.15) is 5.75 Å². The number of carbonyl (C=O) groups is 1. The van der Waals surface area contributed by atoms with Gasteiger partial charge in [0.15, 0.2) is 11.7 Å². The minimum atomic E-state index is -0.282. The number of rotatable bonds is 8. The Kier molecular flexibility index (Phi) is 7.70. The Labute approximate surface area is 182 Å². The van der Waals surface area contributed by atoms with Gasteiger partial charge in [-0.1, -0.05) is 24.3 Å². The zero-order valence-electron chi connectivity index (χ0n) is 18.1. The molecular weight excluding hydrogens is 392 g/mol. The second kappa shape index (κ2) is 10.9. The highest BCUT2D eigenvalue weighted by atomic mass is 16.5. The van der Waals surface area contributed by atoms with Crippen molar-refractivity contribution < 1.29 is 13.9 Å². The largest absolute Gasteiger partial charge is 0.494 e. The van der Waals surface area contributed by atoms with Crippen LogP contribution in [0.3, 0.4) is 0 Å². The van der Waals surface area contributed by atoms with Crippen LogP contribution in [0, 0.1) is 6.92 Å². The molecule has 1 amide bonds. The number of nitrogens with zero attached hydrogens (tertiary/aromatic N) is 1. The summed E-state index contributed by atoms with van der Waals surface area (Å²) in [6.07, 6.45) is 1.47. The van der Waals surface area contributed by atoms with Gasteiger partial charge in [0.2, 0.25) is 0 Å². The number of carbonyl (C=O) groups excluding carboxylic acids is 1. The molecule has 0 radical (unpaired) electrons. The summed E-state index contributed by atoms with van der Waals surface area (Å²) in [5.74, 6) is 1.55. The SMILES string of the molecule is CCOc1cc(C)ccc1CNC(=NC)NCc1cccc(NC(=O)c2ccco2)c1. The molecule has 0 saturated carbocycles. The lowest BCUT2D eigenvalue weighted by Crippen LogP contribution is -2.36. The van der Waals surface area contributed by atoms with Crippen LogP contribution in [0.5, 0.6) is 5.75 Å². The molecule has 0 atom stereocenters. The predicted octanol–water partition coefficient (Wildman–Crippen LogP) is 4.10. The highest BCUT2D eigenvalue weighted by molar-refractivity contribution is 6.02. The molecule has 0 aliphatic rings. The van der Waals surface area contributed by atoms with E-state index in [1.807, 2.05) is 44.2 Å². The van der Waals surface area contributed by atoms with E-state index in [0.717, 1.165) is 22.4 Å². The third-order valence-corrected chi connectivity index (χ3v) is 4.58. The Balaban J connectivity index is 1.56. The Morgan fingerprint density at radius 1 is 1.06 bits per heavy atom. The smallest absolute Gasteiger partial charge is 0.291 e. The first kappa shape index (κ1) is 22.0. The summed E-state index contributed by atoms with van der Waals surface area (Å²) in [6.45, 7) is 5.79. The number of guanidine groups is 1. The minimum Gasteiger partial charge on any atom is -0.494 e.